The summed E-state index contributed by atoms with van der Waals surface area (Å²) in [6.45, 7) is 9.92. The maximum Gasteiger partial charge on any atom is 0.0198 e. The van der Waals surface area contributed by atoms with Crippen LogP contribution in [0.4, 0.5) is 0 Å². The molecule has 1 atom stereocenters. The Morgan fingerprint density at radius 3 is 1.20 bits per heavy atom. The molecule has 0 aromatic rings. The van der Waals surface area contributed by atoms with Crippen LogP contribution in [0.2, 0.25) is 0 Å². The smallest absolute Gasteiger partial charge is 0.0198 e. The lowest BCUT2D eigenvalue weighted by Gasteiger charge is -2.10. The second-order valence-electron chi connectivity index (χ2n) is 9.71. The lowest BCUT2D eigenvalue weighted by atomic mass is 9.97. The lowest BCUT2D eigenvalue weighted by Crippen LogP contribution is -1.94. The summed E-state index contributed by atoms with van der Waals surface area (Å²) in [6.07, 6.45) is 33.7. The van der Waals surface area contributed by atoms with Crippen LogP contribution in [-0.2, 0) is 0 Å². The summed E-state index contributed by atoms with van der Waals surface area (Å²) in [4.78, 5) is 0. The van der Waals surface area contributed by atoms with Gasteiger partial charge in [0.05, 0.1) is 0 Å². The van der Waals surface area contributed by atoms with Gasteiger partial charge >= 0.3 is 0 Å². The van der Waals surface area contributed by atoms with E-state index < -0.39 is 0 Å². The Balaban J connectivity index is 3.05. The van der Waals surface area contributed by atoms with Crippen LogP contribution in [0.5, 0.6) is 0 Å². The molecule has 0 aliphatic carbocycles. The van der Waals surface area contributed by atoms with Crippen LogP contribution in [0.15, 0.2) is 0 Å². The van der Waals surface area contributed by atoms with Crippen molar-refractivity contribution >= 4 is 0 Å². The molecule has 0 spiro atoms. The van der Waals surface area contributed by atoms with Crippen molar-refractivity contribution in [3.05, 3.63) is 13.8 Å². The van der Waals surface area contributed by atoms with Crippen molar-refractivity contribution in [1.82, 2.24) is 0 Å². The largest absolute Gasteiger partial charge is 0.103 e. The Labute approximate surface area is 192 Å². The second kappa shape index (κ2) is 26.6. The fourth-order valence-corrected chi connectivity index (χ4v) is 4.44. The van der Waals surface area contributed by atoms with Crippen molar-refractivity contribution in [2.45, 2.75) is 161 Å². The van der Waals surface area contributed by atoms with Crippen molar-refractivity contribution in [2.24, 2.45) is 5.92 Å². The first-order chi connectivity index (χ1) is 14.8. The van der Waals surface area contributed by atoms with Gasteiger partial charge in [-0.1, -0.05) is 155 Å². The van der Waals surface area contributed by atoms with Crippen LogP contribution in [0.1, 0.15) is 161 Å². The van der Waals surface area contributed by atoms with Gasteiger partial charge in [0.1, 0.15) is 0 Å². The van der Waals surface area contributed by atoms with E-state index in [0.717, 1.165) is 18.8 Å². The standard InChI is InChI=1S/C30H56/c1-4-6-8-9-10-11-12-13-14-15-16-17-18-19-20-21-22-23-24-25-26-27-29-30(3)28-7-5-2/h30H,1-2,5,7-29H2,3H3. The average Bonchev–Trinajstić information content (AvgIpc) is 2.75. The van der Waals surface area contributed by atoms with Crippen LogP contribution in [0.25, 0.3) is 0 Å². The molecule has 0 aromatic carbocycles. The highest BCUT2D eigenvalue weighted by molar-refractivity contribution is 5.00. The Morgan fingerprint density at radius 2 is 0.833 bits per heavy atom. The van der Waals surface area contributed by atoms with Gasteiger partial charge in [-0.3, -0.25) is 0 Å². The van der Waals surface area contributed by atoms with Crippen LogP contribution < -0.4 is 0 Å². The van der Waals surface area contributed by atoms with E-state index in [1.54, 1.807) is 0 Å². The van der Waals surface area contributed by atoms with Gasteiger partial charge in [-0.2, -0.15) is 0 Å². The molecule has 1 unspecified atom stereocenters. The summed E-state index contributed by atoms with van der Waals surface area (Å²) >= 11 is 0. The maximum atomic E-state index is 3.95. The molecule has 30 heavy (non-hydrogen) atoms. The SMILES string of the molecule is [CH2]C#CCCCCCCCCCCCCCCCCCCCCCC(C)CCC[CH2]. The quantitative estimate of drug-likeness (QED) is 0.108. The highest BCUT2D eigenvalue weighted by Crippen LogP contribution is 2.18. The van der Waals surface area contributed by atoms with E-state index in [2.05, 4.69) is 32.6 Å². The number of hydrogen-bond acceptors (Lipinski definition) is 0. The van der Waals surface area contributed by atoms with Gasteiger partial charge in [-0.05, 0) is 12.3 Å². The Kier molecular flexibility index (Phi) is 26.2. The molecule has 0 aliphatic rings. The van der Waals surface area contributed by atoms with Crippen LogP contribution >= 0.6 is 0 Å². The third-order valence-corrected chi connectivity index (χ3v) is 6.57. The zero-order chi connectivity index (χ0) is 22.0. The van der Waals surface area contributed by atoms with E-state index in [0.29, 0.717) is 0 Å². The van der Waals surface area contributed by atoms with Crippen molar-refractivity contribution in [3.63, 3.8) is 0 Å². The number of unbranched alkanes of at least 4 members (excludes halogenated alkanes) is 20. The van der Waals surface area contributed by atoms with E-state index >= 15 is 0 Å². The van der Waals surface area contributed by atoms with Gasteiger partial charge in [0.25, 0.3) is 0 Å². The molecule has 176 valence electrons. The van der Waals surface area contributed by atoms with E-state index in [-0.39, 0.29) is 0 Å². The first-order valence-corrected chi connectivity index (χ1v) is 13.9. The summed E-state index contributed by atoms with van der Waals surface area (Å²) in [7, 11) is 0. The van der Waals surface area contributed by atoms with Crippen LogP contribution in [0, 0.1) is 31.6 Å². The van der Waals surface area contributed by atoms with Crippen molar-refractivity contribution in [1.29, 1.82) is 0 Å². The van der Waals surface area contributed by atoms with Crippen LogP contribution in [0.3, 0.4) is 0 Å². The summed E-state index contributed by atoms with van der Waals surface area (Å²) in [5, 5.41) is 0. The van der Waals surface area contributed by atoms with E-state index in [1.807, 2.05) is 0 Å². The molecular weight excluding hydrogens is 360 g/mol. The minimum atomic E-state index is 0.922. The van der Waals surface area contributed by atoms with Crippen molar-refractivity contribution in [2.75, 3.05) is 0 Å². The van der Waals surface area contributed by atoms with Gasteiger partial charge in [0.15, 0.2) is 0 Å². The maximum absolute atomic E-state index is 3.95. The van der Waals surface area contributed by atoms with Crippen molar-refractivity contribution in [3.8, 4) is 11.8 Å². The van der Waals surface area contributed by atoms with Crippen LogP contribution in [-0.4, -0.2) is 0 Å². The lowest BCUT2D eigenvalue weighted by molar-refractivity contribution is 0.443. The first kappa shape index (κ1) is 29.6. The molecule has 0 aromatic heterocycles. The molecule has 0 rings (SSSR count). The van der Waals surface area contributed by atoms with E-state index in [1.165, 1.54) is 141 Å². The molecule has 0 fully saturated rings. The van der Waals surface area contributed by atoms with Gasteiger partial charge in [0, 0.05) is 13.3 Å². The molecule has 0 saturated carbocycles. The zero-order valence-electron chi connectivity index (χ0n) is 21.0. The summed E-state index contributed by atoms with van der Waals surface area (Å²) in [5.74, 6) is 6.71. The summed E-state index contributed by atoms with van der Waals surface area (Å²) in [6, 6.07) is 0. The molecule has 0 saturated heterocycles. The molecule has 0 nitrogen and oxygen atoms in total. The highest BCUT2D eigenvalue weighted by Gasteiger charge is 2.01. The molecule has 0 amide bonds. The molecule has 0 heterocycles. The Morgan fingerprint density at radius 1 is 0.500 bits per heavy atom. The third-order valence-electron chi connectivity index (χ3n) is 6.57. The minimum Gasteiger partial charge on any atom is -0.103 e. The molecule has 0 N–H and O–H groups in total. The molecule has 0 bridgehead atoms. The first-order valence-electron chi connectivity index (χ1n) is 13.9. The number of rotatable bonds is 24. The fraction of sp³-hybridized carbons (Fsp3) is 0.867. The van der Waals surface area contributed by atoms with Crippen molar-refractivity contribution < 1.29 is 0 Å². The fourth-order valence-electron chi connectivity index (χ4n) is 4.44. The third kappa shape index (κ3) is 25.6. The van der Waals surface area contributed by atoms with Gasteiger partial charge < -0.3 is 0 Å². The van der Waals surface area contributed by atoms with Gasteiger partial charge in [-0.15, -0.1) is 11.8 Å². The monoisotopic (exact) mass is 416 g/mol. The normalized spacial score (nSPS) is 12.0. The predicted octanol–water partition coefficient (Wildman–Crippen LogP) is 10.7. The van der Waals surface area contributed by atoms with Gasteiger partial charge in [0.2, 0.25) is 0 Å². The molecular formula is C30H56. The Bertz CT molecular complexity index is 358. The van der Waals surface area contributed by atoms with E-state index in [9.17, 15) is 0 Å². The minimum absolute atomic E-state index is 0.922. The topological polar surface area (TPSA) is 0 Å². The van der Waals surface area contributed by atoms with Gasteiger partial charge in [-0.25, -0.2) is 0 Å². The molecule has 0 aliphatic heterocycles. The van der Waals surface area contributed by atoms with E-state index in [4.69, 9.17) is 0 Å². The average molecular weight is 417 g/mol. The molecule has 2 radical (unpaired) electrons. The number of hydrogen-bond donors (Lipinski definition) is 0. The Hall–Kier alpha value is -0.440. The second-order valence-corrected chi connectivity index (χ2v) is 9.71. The highest BCUT2D eigenvalue weighted by atomic mass is 14.1. The summed E-state index contributed by atoms with van der Waals surface area (Å²) < 4.78 is 0. The zero-order valence-corrected chi connectivity index (χ0v) is 21.0. The molecule has 0 heteroatoms. The summed E-state index contributed by atoms with van der Waals surface area (Å²) in [5.41, 5.74) is 0. The predicted molar refractivity (Wildman–Crippen MR) is 138 cm³/mol.